The SMILES string of the molecule is COc1cc(/C=C2\C(=O)NC(=O)N(c3ccc(F)cc3)C2=O)cc(I)c1OCc1ccc(F)cc1. The van der Waals surface area contributed by atoms with Gasteiger partial charge in [-0.1, -0.05) is 12.1 Å². The molecular weight excluding hydrogens is 573 g/mol. The van der Waals surface area contributed by atoms with Crippen LogP contribution in [0.15, 0.2) is 66.2 Å². The molecule has 35 heavy (non-hydrogen) atoms. The number of amides is 4. The van der Waals surface area contributed by atoms with Gasteiger partial charge in [-0.2, -0.15) is 0 Å². The summed E-state index contributed by atoms with van der Waals surface area (Å²) in [6.07, 6.45) is 1.33. The number of imide groups is 2. The zero-order valence-electron chi connectivity index (χ0n) is 18.2. The number of anilines is 1. The lowest BCUT2D eigenvalue weighted by Gasteiger charge is -2.26. The van der Waals surface area contributed by atoms with E-state index in [0.29, 0.717) is 20.6 Å². The number of methoxy groups -OCH3 is 1. The number of hydrogen-bond donors (Lipinski definition) is 1. The summed E-state index contributed by atoms with van der Waals surface area (Å²) in [7, 11) is 1.44. The van der Waals surface area contributed by atoms with E-state index in [1.54, 1.807) is 24.3 Å². The summed E-state index contributed by atoms with van der Waals surface area (Å²) in [5, 5.41) is 2.12. The summed E-state index contributed by atoms with van der Waals surface area (Å²) in [6, 6.07) is 12.9. The van der Waals surface area contributed by atoms with Crippen molar-refractivity contribution in [2.75, 3.05) is 12.0 Å². The van der Waals surface area contributed by atoms with Crippen molar-refractivity contribution in [3.05, 3.63) is 92.6 Å². The van der Waals surface area contributed by atoms with E-state index in [-0.39, 0.29) is 23.7 Å². The van der Waals surface area contributed by atoms with Crippen molar-refractivity contribution >= 4 is 52.2 Å². The molecule has 0 bridgehead atoms. The molecule has 1 N–H and O–H groups in total. The normalized spacial score (nSPS) is 14.8. The molecule has 3 aromatic carbocycles. The third-order valence-electron chi connectivity index (χ3n) is 5.05. The van der Waals surface area contributed by atoms with Gasteiger partial charge in [0.2, 0.25) is 0 Å². The van der Waals surface area contributed by atoms with Gasteiger partial charge in [0.1, 0.15) is 23.8 Å². The zero-order chi connectivity index (χ0) is 25.1. The molecule has 0 radical (unpaired) electrons. The average Bonchev–Trinajstić information content (AvgIpc) is 2.83. The first-order valence-electron chi connectivity index (χ1n) is 10.2. The fourth-order valence-electron chi connectivity index (χ4n) is 3.35. The van der Waals surface area contributed by atoms with Gasteiger partial charge >= 0.3 is 6.03 Å². The lowest BCUT2D eigenvalue weighted by Crippen LogP contribution is -2.54. The summed E-state index contributed by atoms with van der Waals surface area (Å²) in [6.45, 7) is 0.169. The van der Waals surface area contributed by atoms with Crippen LogP contribution in [0.5, 0.6) is 11.5 Å². The van der Waals surface area contributed by atoms with Crippen molar-refractivity contribution in [3.8, 4) is 11.5 Å². The third-order valence-corrected chi connectivity index (χ3v) is 5.85. The van der Waals surface area contributed by atoms with Crippen molar-refractivity contribution in [3.63, 3.8) is 0 Å². The average molecular weight is 590 g/mol. The minimum Gasteiger partial charge on any atom is -0.493 e. The minimum atomic E-state index is -0.930. The molecule has 1 aliphatic rings. The topological polar surface area (TPSA) is 84.9 Å². The summed E-state index contributed by atoms with van der Waals surface area (Å²) in [4.78, 5) is 38.5. The number of nitrogens with one attached hydrogen (secondary N) is 1. The predicted octanol–water partition coefficient (Wildman–Crippen LogP) is 4.82. The van der Waals surface area contributed by atoms with E-state index in [2.05, 4.69) is 5.32 Å². The summed E-state index contributed by atoms with van der Waals surface area (Å²) in [5.74, 6) is -1.81. The highest BCUT2D eigenvalue weighted by Gasteiger charge is 2.36. The van der Waals surface area contributed by atoms with Crippen molar-refractivity contribution < 1.29 is 32.6 Å². The zero-order valence-corrected chi connectivity index (χ0v) is 20.3. The van der Waals surface area contributed by atoms with Crippen LogP contribution in [0.4, 0.5) is 19.3 Å². The van der Waals surface area contributed by atoms with Crippen molar-refractivity contribution in [2.24, 2.45) is 0 Å². The lowest BCUT2D eigenvalue weighted by atomic mass is 10.1. The Morgan fingerprint density at radius 2 is 1.60 bits per heavy atom. The van der Waals surface area contributed by atoms with Gasteiger partial charge in [-0.25, -0.2) is 18.5 Å². The molecular formula is C25H17F2IN2O5. The second kappa shape index (κ2) is 10.2. The second-order valence-electron chi connectivity index (χ2n) is 7.38. The molecule has 4 amide bonds. The minimum absolute atomic E-state index is 0.115. The third kappa shape index (κ3) is 5.32. The number of urea groups is 1. The van der Waals surface area contributed by atoms with Crippen molar-refractivity contribution in [1.82, 2.24) is 5.32 Å². The van der Waals surface area contributed by atoms with E-state index < -0.39 is 23.7 Å². The van der Waals surface area contributed by atoms with Gasteiger partial charge in [0.15, 0.2) is 11.5 Å². The Bertz CT molecular complexity index is 1340. The van der Waals surface area contributed by atoms with Crippen LogP contribution in [0, 0.1) is 15.2 Å². The number of barbiturate groups is 1. The van der Waals surface area contributed by atoms with Crippen LogP contribution in [0.3, 0.4) is 0 Å². The molecule has 178 valence electrons. The molecule has 0 unspecified atom stereocenters. The summed E-state index contributed by atoms with van der Waals surface area (Å²) >= 11 is 2.03. The molecule has 1 aliphatic heterocycles. The van der Waals surface area contributed by atoms with E-state index in [9.17, 15) is 23.2 Å². The number of benzene rings is 3. The Balaban J connectivity index is 1.63. The van der Waals surface area contributed by atoms with Crippen LogP contribution in [-0.4, -0.2) is 25.0 Å². The number of ether oxygens (including phenoxy) is 2. The molecule has 0 spiro atoms. The van der Waals surface area contributed by atoms with Crippen LogP contribution in [-0.2, 0) is 16.2 Å². The van der Waals surface area contributed by atoms with E-state index in [4.69, 9.17) is 9.47 Å². The Labute approximate surface area is 212 Å². The molecule has 4 rings (SSSR count). The monoisotopic (exact) mass is 590 g/mol. The highest BCUT2D eigenvalue weighted by atomic mass is 127. The largest absolute Gasteiger partial charge is 0.493 e. The Morgan fingerprint density at radius 3 is 2.23 bits per heavy atom. The van der Waals surface area contributed by atoms with E-state index in [1.165, 1.54) is 37.5 Å². The maximum absolute atomic E-state index is 13.3. The number of carbonyl (C=O) groups excluding carboxylic acids is 3. The van der Waals surface area contributed by atoms with E-state index in [0.717, 1.165) is 22.6 Å². The Kier molecular flexibility index (Phi) is 7.10. The lowest BCUT2D eigenvalue weighted by molar-refractivity contribution is -0.122. The van der Waals surface area contributed by atoms with Crippen molar-refractivity contribution in [2.45, 2.75) is 6.61 Å². The van der Waals surface area contributed by atoms with Crippen LogP contribution in [0.2, 0.25) is 0 Å². The number of hydrogen-bond acceptors (Lipinski definition) is 5. The fraction of sp³-hybridized carbons (Fsp3) is 0.0800. The Hall–Kier alpha value is -3.80. The number of rotatable bonds is 6. The molecule has 1 heterocycles. The van der Waals surface area contributed by atoms with Crippen LogP contribution in [0.25, 0.3) is 6.08 Å². The van der Waals surface area contributed by atoms with Crippen molar-refractivity contribution in [1.29, 1.82) is 0 Å². The molecule has 1 fully saturated rings. The molecule has 0 aliphatic carbocycles. The van der Waals surface area contributed by atoms with Gasteiger partial charge < -0.3 is 9.47 Å². The van der Waals surface area contributed by atoms with E-state index >= 15 is 0 Å². The highest BCUT2D eigenvalue weighted by molar-refractivity contribution is 14.1. The first-order valence-corrected chi connectivity index (χ1v) is 11.3. The van der Waals surface area contributed by atoms with Gasteiger partial charge in [0.05, 0.1) is 16.4 Å². The maximum atomic E-state index is 13.3. The molecule has 7 nitrogen and oxygen atoms in total. The quantitative estimate of drug-likeness (QED) is 0.253. The van der Waals surface area contributed by atoms with Gasteiger partial charge in [0.25, 0.3) is 11.8 Å². The molecule has 0 atom stereocenters. The number of carbonyl (C=O) groups is 3. The summed E-state index contributed by atoms with van der Waals surface area (Å²) < 4.78 is 38.3. The number of nitrogens with zero attached hydrogens (tertiary/aromatic N) is 1. The van der Waals surface area contributed by atoms with Gasteiger partial charge in [0, 0.05) is 0 Å². The van der Waals surface area contributed by atoms with Crippen LogP contribution < -0.4 is 19.7 Å². The van der Waals surface area contributed by atoms with E-state index in [1.807, 2.05) is 22.6 Å². The first kappa shape index (κ1) is 24.3. The molecule has 10 heteroatoms. The predicted molar refractivity (Wildman–Crippen MR) is 132 cm³/mol. The smallest absolute Gasteiger partial charge is 0.335 e. The van der Waals surface area contributed by atoms with Crippen LogP contribution in [0.1, 0.15) is 11.1 Å². The molecule has 3 aromatic rings. The highest BCUT2D eigenvalue weighted by Crippen LogP contribution is 2.35. The molecule has 1 saturated heterocycles. The molecule has 0 aromatic heterocycles. The number of halogens is 3. The van der Waals surface area contributed by atoms with Gasteiger partial charge in [-0.05, 0) is 88.3 Å². The Morgan fingerprint density at radius 1 is 0.971 bits per heavy atom. The fourth-order valence-corrected chi connectivity index (χ4v) is 4.13. The second-order valence-corrected chi connectivity index (χ2v) is 8.55. The van der Waals surface area contributed by atoms with Gasteiger partial charge in [-0.15, -0.1) is 0 Å². The first-order chi connectivity index (χ1) is 16.8. The van der Waals surface area contributed by atoms with Gasteiger partial charge in [-0.3, -0.25) is 14.9 Å². The standard InChI is InChI=1S/C25H17F2IN2O5/c1-34-21-12-15(11-20(28)22(21)35-13-14-2-4-16(26)5-3-14)10-19-23(31)29-25(33)30(24(19)32)18-8-6-17(27)7-9-18/h2-12H,13H2,1H3,(H,29,31,33)/b19-10+. The summed E-state index contributed by atoms with van der Waals surface area (Å²) in [5.41, 5.74) is 1.04. The maximum Gasteiger partial charge on any atom is 0.335 e. The molecule has 0 saturated carbocycles. The van der Waals surface area contributed by atoms with Crippen LogP contribution >= 0.6 is 22.6 Å².